The van der Waals surface area contributed by atoms with Gasteiger partial charge in [0, 0.05) is 36.1 Å². The first-order chi connectivity index (χ1) is 9.13. The van der Waals surface area contributed by atoms with Crippen LogP contribution in [-0.4, -0.2) is 41.6 Å². The van der Waals surface area contributed by atoms with Gasteiger partial charge in [0.2, 0.25) is 0 Å². The Morgan fingerprint density at radius 3 is 2.95 bits per heavy atom. The van der Waals surface area contributed by atoms with Gasteiger partial charge in [-0.3, -0.25) is 4.90 Å². The molecule has 0 radical (unpaired) electrons. The highest BCUT2D eigenvalue weighted by Crippen LogP contribution is 2.27. The molecular formula is C15H27N3S. The Bertz CT molecular complexity index is 365. The lowest BCUT2D eigenvalue weighted by atomic mass is 9.86. The highest BCUT2D eigenvalue weighted by Gasteiger charge is 2.32. The second-order valence-corrected chi connectivity index (χ2v) is 6.75. The summed E-state index contributed by atoms with van der Waals surface area (Å²) in [5.74, 6) is 1.27. The number of likely N-dealkylation sites (tertiary alicyclic amines) is 1. The quantitative estimate of drug-likeness (QED) is 0.899. The summed E-state index contributed by atoms with van der Waals surface area (Å²) in [6, 6.07) is 1.34. The van der Waals surface area contributed by atoms with E-state index in [4.69, 9.17) is 0 Å². The van der Waals surface area contributed by atoms with E-state index < -0.39 is 0 Å². The third-order valence-corrected chi connectivity index (χ3v) is 5.55. The minimum atomic E-state index is 0.547. The minimum absolute atomic E-state index is 0.547. The van der Waals surface area contributed by atoms with Gasteiger partial charge in [-0.05, 0) is 32.4 Å². The van der Waals surface area contributed by atoms with Crippen LogP contribution in [0.25, 0.3) is 0 Å². The van der Waals surface area contributed by atoms with Crippen molar-refractivity contribution in [2.45, 2.75) is 52.1 Å². The third kappa shape index (κ3) is 3.56. The molecule has 0 bridgehead atoms. The fraction of sp³-hybridized carbons (Fsp3) is 0.800. The van der Waals surface area contributed by atoms with E-state index in [1.807, 2.05) is 6.20 Å². The Hall–Kier alpha value is -0.450. The Labute approximate surface area is 121 Å². The Morgan fingerprint density at radius 2 is 2.32 bits per heavy atom. The molecule has 0 saturated carbocycles. The molecule has 0 amide bonds. The second-order valence-electron chi connectivity index (χ2n) is 5.82. The molecular weight excluding hydrogens is 254 g/mol. The smallest absolute Gasteiger partial charge is 0.0965 e. The fourth-order valence-corrected chi connectivity index (χ4v) is 3.85. The maximum Gasteiger partial charge on any atom is 0.0965 e. The zero-order valence-corrected chi connectivity index (χ0v) is 13.4. The predicted octanol–water partition coefficient (Wildman–Crippen LogP) is 2.96. The van der Waals surface area contributed by atoms with E-state index >= 15 is 0 Å². The first-order valence-electron chi connectivity index (χ1n) is 7.50. The van der Waals surface area contributed by atoms with E-state index in [1.165, 1.54) is 18.0 Å². The first-order valence-corrected chi connectivity index (χ1v) is 8.38. The van der Waals surface area contributed by atoms with Crippen molar-refractivity contribution in [1.82, 2.24) is 15.2 Å². The number of nitrogens with zero attached hydrogens (tertiary/aromatic N) is 2. The van der Waals surface area contributed by atoms with Crippen molar-refractivity contribution in [1.29, 1.82) is 0 Å². The normalized spacial score (nSPS) is 30.4. The molecule has 0 aromatic carbocycles. The van der Waals surface area contributed by atoms with Gasteiger partial charge in [0.1, 0.15) is 0 Å². The van der Waals surface area contributed by atoms with Gasteiger partial charge >= 0.3 is 0 Å². The van der Waals surface area contributed by atoms with Crippen molar-refractivity contribution in [3.63, 3.8) is 0 Å². The summed E-state index contributed by atoms with van der Waals surface area (Å²) in [6.07, 6.45) is 3.18. The highest BCUT2D eigenvalue weighted by molar-refractivity contribution is 7.09. The van der Waals surface area contributed by atoms with Gasteiger partial charge in [0.15, 0.2) is 0 Å². The molecule has 0 aliphatic carbocycles. The number of thiazole rings is 1. The van der Waals surface area contributed by atoms with Crippen LogP contribution < -0.4 is 5.32 Å². The molecule has 108 valence electrons. The van der Waals surface area contributed by atoms with Gasteiger partial charge in [-0.1, -0.05) is 20.8 Å². The van der Waals surface area contributed by atoms with Gasteiger partial charge < -0.3 is 5.32 Å². The number of hydrogen-bond acceptors (Lipinski definition) is 4. The summed E-state index contributed by atoms with van der Waals surface area (Å²) in [4.78, 5) is 7.09. The first kappa shape index (κ1) is 14.9. The molecule has 0 spiro atoms. The zero-order valence-electron chi connectivity index (χ0n) is 12.6. The standard InChI is InChI=1S/C15H27N3S/c1-5-16-14-6-8-18(13(4)12(14)3)10-11(2)15-17-7-9-19-15/h7,9,11-14,16H,5-6,8,10H2,1-4H3. The number of hydrogen-bond donors (Lipinski definition) is 1. The topological polar surface area (TPSA) is 28.2 Å². The zero-order chi connectivity index (χ0) is 13.8. The van der Waals surface area contributed by atoms with Crippen LogP contribution in [0, 0.1) is 5.92 Å². The van der Waals surface area contributed by atoms with Crippen molar-refractivity contribution in [3.8, 4) is 0 Å². The van der Waals surface area contributed by atoms with Gasteiger partial charge in [-0.25, -0.2) is 4.98 Å². The molecule has 1 fully saturated rings. The molecule has 1 aliphatic heterocycles. The summed E-state index contributed by atoms with van der Waals surface area (Å²) in [7, 11) is 0. The lowest BCUT2D eigenvalue weighted by molar-refractivity contribution is 0.0811. The minimum Gasteiger partial charge on any atom is -0.314 e. The number of aromatic nitrogens is 1. The van der Waals surface area contributed by atoms with Crippen LogP contribution in [0.1, 0.15) is 45.0 Å². The second kappa shape index (κ2) is 6.82. The van der Waals surface area contributed by atoms with Crippen molar-refractivity contribution < 1.29 is 0 Å². The summed E-state index contributed by atoms with van der Waals surface area (Å²) < 4.78 is 0. The molecule has 19 heavy (non-hydrogen) atoms. The Morgan fingerprint density at radius 1 is 1.53 bits per heavy atom. The SMILES string of the molecule is CCNC1CCN(CC(C)c2nccs2)C(C)C1C. The molecule has 1 aromatic heterocycles. The lowest BCUT2D eigenvalue weighted by Crippen LogP contribution is -2.54. The summed E-state index contributed by atoms with van der Waals surface area (Å²) in [6.45, 7) is 12.7. The van der Waals surface area contributed by atoms with Gasteiger partial charge in [0.05, 0.1) is 5.01 Å². The molecule has 1 N–H and O–H groups in total. The van der Waals surface area contributed by atoms with Crippen molar-refractivity contribution in [2.24, 2.45) is 5.92 Å². The van der Waals surface area contributed by atoms with E-state index in [1.54, 1.807) is 11.3 Å². The summed E-state index contributed by atoms with van der Waals surface area (Å²) >= 11 is 1.78. The maximum absolute atomic E-state index is 4.45. The maximum atomic E-state index is 4.45. The molecule has 1 saturated heterocycles. The largest absolute Gasteiger partial charge is 0.314 e. The van der Waals surface area contributed by atoms with Crippen LogP contribution in [0.5, 0.6) is 0 Å². The molecule has 4 heteroatoms. The van der Waals surface area contributed by atoms with E-state index in [2.05, 4.69) is 48.3 Å². The molecule has 2 rings (SSSR count). The van der Waals surface area contributed by atoms with Crippen LogP contribution in [0.3, 0.4) is 0 Å². The van der Waals surface area contributed by atoms with E-state index in [0.717, 1.165) is 19.0 Å². The Balaban J connectivity index is 1.91. The third-order valence-electron chi connectivity index (χ3n) is 4.55. The van der Waals surface area contributed by atoms with Gasteiger partial charge in [-0.15, -0.1) is 11.3 Å². The number of piperidine rings is 1. The van der Waals surface area contributed by atoms with Gasteiger partial charge in [0.25, 0.3) is 0 Å². The van der Waals surface area contributed by atoms with Gasteiger partial charge in [-0.2, -0.15) is 0 Å². The van der Waals surface area contributed by atoms with E-state index in [0.29, 0.717) is 18.0 Å². The number of rotatable bonds is 5. The summed E-state index contributed by atoms with van der Waals surface area (Å²) in [5, 5.41) is 6.98. The highest BCUT2D eigenvalue weighted by atomic mass is 32.1. The Kier molecular flexibility index (Phi) is 5.37. The van der Waals surface area contributed by atoms with Crippen LogP contribution in [0.15, 0.2) is 11.6 Å². The predicted molar refractivity (Wildman–Crippen MR) is 82.8 cm³/mol. The molecule has 2 heterocycles. The van der Waals surface area contributed by atoms with E-state index in [9.17, 15) is 0 Å². The van der Waals surface area contributed by atoms with Crippen LogP contribution in [-0.2, 0) is 0 Å². The van der Waals surface area contributed by atoms with Crippen molar-refractivity contribution in [2.75, 3.05) is 19.6 Å². The average molecular weight is 281 g/mol. The summed E-state index contributed by atoms with van der Waals surface area (Å²) in [5.41, 5.74) is 0. The van der Waals surface area contributed by atoms with E-state index in [-0.39, 0.29) is 0 Å². The van der Waals surface area contributed by atoms with Crippen LogP contribution in [0.2, 0.25) is 0 Å². The number of nitrogens with one attached hydrogen (secondary N) is 1. The monoisotopic (exact) mass is 281 g/mol. The average Bonchev–Trinajstić information content (AvgIpc) is 2.92. The van der Waals surface area contributed by atoms with Crippen LogP contribution in [0.4, 0.5) is 0 Å². The molecule has 4 atom stereocenters. The molecule has 1 aromatic rings. The van der Waals surface area contributed by atoms with Crippen molar-refractivity contribution in [3.05, 3.63) is 16.6 Å². The molecule has 4 unspecified atom stereocenters. The molecule has 1 aliphatic rings. The molecule has 3 nitrogen and oxygen atoms in total. The van der Waals surface area contributed by atoms with Crippen molar-refractivity contribution >= 4 is 11.3 Å². The fourth-order valence-electron chi connectivity index (χ4n) is 3.16. The lowest BCUT2D eigenvalue weighted by Gasteiger charge is -2.43. The van der Waals surface area contributed by atoms with Crippen LogP contribution >= 0.6 is 11.3 Å².